The molecule has 0 spiro atoms. The van der Waals surface area contributed by atoms with Crippen LogP contribution in [-0.2, 0) is 6.18 Å². The Balaban J connectivity index is 2.48. The summed E-state index contributed by atoms with van der Waals surface area (Å²) in [4.78, 5) is 34.1. The molecule has 132 valence electrons. The van der Waals surface area contributed by atoms with Crippen molar-refractivity contribution in [2.24, 2.45) is 0 Å². The maximum atomic E-state index is 12.8. The molecule has 0 N–H and O–H groups in total. The van der Waals surface area contributed by atoms with Gasteiger partial charge in [-0.3, -0.25) is 25.0 Å². The van der Waals surface area contributed by atoms with Crippen molar-refractivity contribution in [3.63, 3.8) is 0 Å². The molecule has 0 fully saturated rings. The Morgan fingerprint density at radius 3 is 2.32 bits per heavy atom. The third-order valence-electron chi connectivity index (χ3n) is 2.69. The Labute approximate surface area is 139 Å². The highest BCUT2D eigenvalue weighted by Gasteiger charge is 2.39. The Kier molecular flexibility index (Phi) is 4.73. The number of hydrogen-bond acceptors (Lipinski definition) is 8. The number of carbonyl (C=O) groups excluding carboxylic acids is 1. The van der Waals surface area contributed by atoms with E-state index in [1.807, 2.05) is 0 Å². The Bertz CT molecular complexity index is 881. The highest BCUT2D eigenvalue weighted by molar-refractivity contribution is 7.99. The van der Waals surface area contributed by atoms with Gasteiger partial charge >= 0.3 is 6.18 Å². The van der Waals surface area contributed by atoms with Gasteiger partial charge in [0.2, 0.25) is 16.9 Å². The van der Waals surface area contributed by atoms with E-state index in [0.717, 1.165) is 19.1 Å². The van der Waals surface area contributed by atoms with Crippen LogP contribution in [0.4, 0.5) is 24.5 Å². The minimum Gasteiger partial charge on any atom is -0.273 e. The van der Waals surface area contributed by atoms with Crippen LogP contribution in [0.2, 0.25) is 0 Å². The number of nitro benzene ring substituents is 2. The van der Waals surface area contributed by atoms with Crippen LogP contribution < -0.4 is 0 Å². The molecule has 0 saturated carbocycles. The second-order valence-corrected chi connectivity index (χ2v) is 5.42. The first-order valence-electron chi connectivity index (χ1n) is 6.16. The molecular weight excluding hydrogens is 371 g/mol. The van der Waals surface area contributed by atoms with E-state index in [2.05, 4.69) is 10.1 Å². The molecule has 2 rings (SSSR count). The number of rotatable bonds is 4. The highest BCUT2D eigenvalue weighted by Crippen LogP contribution is 2.37. The maximum absolute atomic E-state index is 12.8. The molecule has 0 aliphatic heterocycles. The van der Waals surface area contributed by atoms with E-state index in [-0.39, 0.29) is 9.58 Å². The zero-order valence-electron chi connectivity index (χ0n) is 12.1. The predicted molar refractivity (Wildman–Crippen MR) is 75.2 cm³/mol. The van der Waals surface area contributed by atoms with Crippen molar-refractivity contribution in [3.8, 4) is 0 Å². The number of nitrogens with zero attached hydrogens (tertiary/aromatic N) is 5. The first kappa shape index (κ1) is 18.3. The molecular formula is C11H6F3N5O5S. The fourth-order valence-electron chi connectivity index (χ4n) is 1.69. The molecule has 0 aliphatic carbocycles. The lowest BCUT2D eigenvalue weighted by Crippen LogP contribution is -2.19. The van der Waals surface area contributed by atoms with Gasteiger partial charge < -0.3 is 0 Å². The average Bonchev–Trinajstić information content (AvgIpc) is 2.91. The van der Waals surface area contributed by atoms with E-state index in [1.54, 1.807) is 0 Å². The van der Waals surface area contributed by atoms with Crippen molar-refractivity contribution in [2.75, 3.05) is 0 Å². The highest BCUT2D eigenvalue weighted by atomic mass is 32.2. The summed E-state index contributed by atoms with van der Waals surface area (Å²) in [6.07, 6.45) is -4.96. The van der Waals surface area contributed by atoms with Gasteiger partial charge in [-0.05, 0) is 17.8 Å². The van der Waals surface area contributed by atoms with E-state index in [4.69, 9.17) is 0 Å². The molecule has 0 amide bonds. The molecule has 0 bridgehead atoms. The summed E-state index contributed by atoms with van der Waals surface area (Å²) in [5.74, 6) is -2.63. The van der Waals surface area contributed by atoms with E-state index in [0.29, 0.717) is 17.8 Å². The van der Waals surface area contributed by atoms with Gasteiger partial charge in [-0.1, -0.05) is 0 Å². The zero-order chi connectivity index (χ0) is 18.9. The van der Waals surface area contributed by atoms with Crippen LogP contribution in [0.1, 0.15) is 17.5 Å². The maximum Gasteiger partial charge on any atom is 0.451 e. The molecule has 0 unspecified atom stereocenters. The van der Waals surface area contributed by atoms with Crippen molar-refractivity contribution >= 4 is 29.0 Å². The normalized spacial score (nSPS) is 11.4. The lowest BCUT2D eigenvalue weighted by molar-refractivity contribution is -0.396. The largest absolute Gasteiger partial charge is 0.451 e. The molecule has 2 aromatic rings. The van der Waals surface area contributed by atoms with Gasteiger partial charge in [0, 0.05) is 13.0 Å². The third-order valence-corrected chi connectivity index (χ3v) is 3.61. The second-order valence-electron chi connectivity index (χ2n) is 4.41. The van der Waals surface area contributed by atoms with Gasteiger partial charge in [0.1, 0.15) is 0 Å². The van der Waals surface area contributed by atoms with E-state index >= 15 is 0 Å². The van der Waals surface area contributed by atoms with Gasteiger partial charge in [-0.2, -0.15) is 22.8 Å². The summed E-state index contributed by atoms with van der Waals surface area (Å²) in [5, 5.41) is 24.5. The monoisotopic (exact) mass is 377 g/mol. The lowest BCUT2D eigenvalue weighted by Gasteiger charge is -2.03. The van der Waals surface area contributed by atoms with Crippen molar-refractivity contribution in [2.45, 2.75) is 23.2 Å². The summed E-state index contributed by atoms with van der Waals surface area (Å²) in [6.45, 7) is 0.840. The summed E-state index contributed by atoms with van der Waals surface area (Å²) >= 11 is 0.372. The average molecular weight is 377 g/mol. The molecule has 14 heteroatoms. The molecule has 1 heterocycles. The number of nitro groups is 2. The lowest BCUT2D eigenvalue weighted by atomic mass is 10.3. The minimum atomic E-state index is -4.96. The Morgan fingerprint density at radius 2 is 1.88 bits per heavy atom. The molecule has 25 heavy (non-hydrogen) atoms. The number of hydrogen-bond donors (Lipinski definition) is 0. The predicted octanol–water partition coefficient (Wildman–Crippen LogP) is 2.92. The SMILES string of the molecule is CC(=O)n1nc(Sc2ccc([N+](=O)[O-])cc2[N+](=O)[O-])nc1C(F)(F)F. The third kappa shape index (κ3) is 3.90. The molecule has 0 radical (unpaired) electrons. The second kappa shape index (κ2) is 6.46. The van der Waals surface area contributed by atoms with Crippen molar-refractivity contribution in [3.05, 3.63) is 44.3 Å². The van der Waals surface area contributed by atoms with Gasteiger partial charge in [0.05, 0.1) is 20.8 Å². The van der Waals surface area contributed by atoms with Gasteiger partial charge in [-0.25, -0.2) is 0 Å². The van der Waals surface area contributed by atoms with Gasteiger partial charge in [0.15, 0.2) is 0 Å². The van der Waals surface area contributed by atoms with Gasteiger partial charge in [-0.15, -0.1) is 5.10 Å². The van der Waals surface area contributed by atoms with Crippen LogP contribution in [0.5, 0.6) is 0 Å². The number of carbonyl (C=O) groups is 1. The smallest absolute Gasteiger partial charge is 0.273 e. The van der Waals surface area contributed by atoms with E-state index < -0.39 is 44.3 Å². The van der Waals surface area contributed by atoms with E-state index in [9.17, 15) is 38.2 Å². The minimum absolute atomic E-state index is 0.0273. The number of alkyl halides is 3. The van der Waals surface area contributed by atoms with Crippen LogP contribution >= 0.6 is 11.8 Å². The summed E-state index contributed by atoms with van der Waals surface area (Å²) < 4.78 is 38.6. The van der Waals surface area contributed by atoms with Crippen LogP contribution in [-0.4, -0.2) is 30.5 Å². The van der Waals surface area contributed by atoms with Crippen molar-refractivity contribution in [1.29, 1.82) is 0 Å². The Hall–Kier alpha value is -3.03. The topological polar surface area (TPSA) is 134 Å². The number of non-ortho nitro benzene ring substituents is 1. The molecule has 0 aliphatic rings. The first-order chi connectivity index (χ1) is 11.5. The molecule has 1 aromatic heterocycles. The molecule has 10 nitrogen and oxygen atoms in total. The quantitative estimate of drug-likeness (QED) is 0.586. The fraction of sp³-hybridized carbons (Fsp3) is 0.182. The van der Waals surface area contributed by atoms with E-state index in [1.165, 1.54) is 0 Å². The van der Waals surface area contributed by atoms with Crippen LogP contribution in [0.3, 0.4) is 0 Å². The fourth-order valence-corrected chi connectivity index (χ4v) is 2.51. The van der Waals surface area contributed by atoms with Crippen molar-refractivity contribution < 1.29 is 27.8 Å². The van der Waals surface area contributed by atoms with Crippen LogP contribution in [0.15, 0.2) is 28.3 Å². The van der Waals surface area contributed by atoms with Crippen LogP contribution in [0, 0.1) is 20.2 Å². The van der Waals surface area contributed by atoms with Crippen molar-refractivity contribution in [1.82, 2.24) is 14.8 Å². The standard InChI is InChI=1S/C11H6F3N5O5S/c1-5(20)17-9(11(12,13)14)15-10(16-17)25-8-3-2-6(18(21)22)4-7(8)19(23)24/h2-4H,1H3. The van der Waals surface area contributed by atoms with Crippen LogP contribution in [0.25, 0.3) is 0 Å². The number of halogens is 3. The Morgan fingerprint density at radius 1 is 1.24 bits per heavy atom. The summed E-state index contributed by atoms with van der Waals surface area (Å²) in [7, 11) is 0. The molecule has 0 saturated heterocycles. The molecule has 0 atom stereocenters. The first-order valence-corrected chi connectivity index (χ1v) is 6.98. The zero-order valence-corrected chi connectivity index (χ0v) is 12.9. The summed E-state index contributed by atoms with van der Waals surface area (Å²) in [5.41, 5.74) is -1.26. The summed E-state index contributed by atoms with van der Waals surface area (Å²) in [6, 6.07) is 2.60. The number of benzene rings is 1. The van der Waals surface area contributed by atoms with Gasteiger partial charge in [0.25, 0.3) is 11.4 Å². The number of aromatic nitrogens is 3. The molecule has 1 aromatic carbocycles.